The van der Waals surface area contributed by atoms with Gasteiger partial charge >= 0.3 is 0 Å². The molecule has 0 fully saturated rings. The van der Waals surface area contributed by atoms with Crippen molar-refractivity contribution in [3.63, 3.8) is 0 Å². The van der Waals surface area contributed by atoms with Crippen LogP contribution in [0.2, 0.25) is 0 Å². The quantitative estimate of drug-likeness (QED) is 0.357. The maximum absolute atomic E-state index is 5.50. The van der Waals surface area contributed by atoms with Crippen molar-refractivity contribution in [2.24, 2.45) is 10.8 Å². The first-order valence-electron chi connectivity index (χ1n) is 3.22. The standard InChI is InChI=1S/C6H10N6/c1-9-4-5(7)10-3-11-6(4)12(2)8/h3H,1,8H2,2H3,(H2,7,10,11). The van der Waals surface area contributed by atoms with Gasteiger partial charge in [-0.3, -0.25) is 10.0 Å². The van der Waals surface area contributed by atoms with Crippen LogP contribution in [0, 0.1) is 0 Å². The Labute approximate surface area is 69.9 Å². The molecule has 0 unspecified atom stereocenters. The van der Waals surface area contributed by atoms with E-state index in [0.29, 0.717) is 11.5 Å². The third kappa shape index (κ3) is 1.32. The predicted molar refractivity (Wildman–Crippen MR) is 48.2 cm³/mol. The number of hydrogen-bond donors (Lipinski definition) is 2. The minimum Gasteiger partial charge on any atom is -0.382 e. The Kier molecular flexibility index (Phi) is 2.20. The molecule has 1 aromatic rings. The third-order valence-electron chi connectivity index (χ3n) is 1.32. The molecule has 0 amide bonds. The summed E-state index contributed by atoms with van der Waals surface area (Å²) in [6.07, 6.45) is 1.32. The van der Waals surface area contributed by atoms with E-state index >= 15 is 0 Å². The highest BCUT2D eigenvalue weighted by molar-refractivity contribution is 5.73. The average Bonchev–Trinajstić information content (AvgIpc) is 2.03. The zero-order chi connectivity index (χ0) is 9.14. The van der Waals surface area contributed by atoms with Crippen molar-refractivity contribution in [3.8, 4) is 0 Å². The van der Waals surface area contributed by atoms with E-state index in [4.69, 9.17) is 11.6 Å². The summed E-state index contributed by atoms with van der Waals surface area (Å²) in [6.45, 7) is 3.34. The van der Waals surface area contributed by atoms with Gasteiger partial charge in [0.05, 0.1) is 0 Å². The second-order valence-corrected chi connectivity index (χ2v) is 2.20. The molecule has 1 rings (SSSR count). The van der Waals surface area contributed by atoms with Crippen LogP contribution in [0.4, 0.5) is 17.3 Å². The lowest BCUT2D eigenvalue weighted by Gasteiger charge is -2.12. The van der Waals surface area contributed by atoms with Crippen LogP contribution in [0.25, 0.3) is 0 Å². The van der Waals surface area contributed by atoms with E-state index in [9.17, 15) is 0 Å². The zero-order valence-electron chi connectivity index (χ0n) is 6.73. The molecule has 0 saturated heterocycles. The van der Waals surface area contributed by atoms with Crippen LogP contribution in [0.15, 0.2) is 11.3 Å². The molecule has 64 valence electrons. The second-order valence-electron chi connectivity index (χ2n) is 2.20. The average molecular weight is 166 g/mol. The molecule has 6 nitrogen and oxygen atoms in total. The maximum Gasteiger partial charge on any atom is 0.173 e. The zero-order valence-corrected chi connectivity index (χ0v) is 6.73. The highest BCUT2D eigenvalue weighted by Gasteiger charge is 2.08. The summed E-state index contributed by atoms with van der Waals surface area (Å²) in [6, 6.07) is 0. The van der Waals surface area contributed by atoms with Gasteiger partial charge < -0.3 is 5.73 Å². The lowest BCUT2D eigenvalue weighted by atomic mass is 10.4. The van der Waals surface area contributed by atoms with Crippen LogP contribution in [0.1, 0.15) is 0 Å². The highest BCUT2D eigenvalue weighted by atomic mass is 15.4. The fraction of sp³-hybridized carbons (Fsp3) is 0.167. The smallest absolute Gasteiger partial charge is 0.173 e. The Morgan fingerprint density at radius 1 is 1.58 bits per heavy atom. The summed E-state index contributed by atoms with van der Waals surface area (Å²) < 4.78 is 0. The fourth-order valence-electron chi connectivity index (χ4n) is 0.792. The molecule has 0 aliphatic rings. The van der Waals surface area contributed by atoms with Gasteiger partial charge in [0.1, 0.15) is 12.0 Å². The van der Waals surface area contributed by atoms with E-state index in [1.807, 2.05) is 0 Å². The summed E-state index contributed by atoms with van der Waals surface area (Å²) in [5.41, 5.74) is 5.91. The number of nitrogens with zero attached hydrogens (tertiary/aromatic N) is 4. The van der Waals surface area contributed by atoms with Crippen molar-refractivity contribution in [2.75, 3.05) is 17.8 Å². The van der Waals surface area contributed by atoms with Crippen molar-refractivity contribution in [2.45, 2.75) is 0 Å². The Bertz CT molecular complexity index is 294. The van der Waals surface area contributed by atoms with Gasteiger partial charge in [-0.2, -0.15) is 0 Å². The third-order valence-corrected chi connectivity index (χ3v) is 1.32. The Hall–Kier alpha value is -1.69. The summed E-state index contributed by atoms with van der Waals surface area (Å²) in [7, 11) is 1.64. The molecule has 0 aromatic carbocycles. The lowest BCUT2D eigenvalue weighted by molar-refractivity contribution is 0.964. The van der Waals surface area contributed by atoms with Crippen LogP contribution in [0.3, 0.4) is 0 Å². The molecule has 12 heavy (non-hydrogen) atoms. The molecule has 0 atom stereocenters. The number of hydrogen-bond acceptors (Lipinski definition) is 6. The van der Waals surface area contributed by atoms with E-state index in [1.54, 1.807) is 7.05 Å². The van der Waals surface area contributed by atoms with Gasteiger partial charge in [-0.05, 0) is 6.72 Å². The van der Waals surface area contributed by atoms with E-state index in [1.165, 1.54) is 11.3 Å². The molecule has 0 radical (unpaired) electrons. The Morgan fingerprint density at radius 3 is 2.67 bits per heavy atom. The number of aliphatic imine (C=N–C) groups is 1. The molecule has 1 heterocycles. The summed E-state index contributed by atoms with van der Waals surface area (Å²) >= 11 is 0. The van der Waals surface area contributed by atoms with E-state index in [2.05, 4.69) is 21.7 Å². The molecule has 0 saturated carbocycles. The summed E-state index contributed by atoms with van der Waals surface area (Å²) in [4.78, 5) is 11.3. The first-order chi connectivity index (χ1) is 5.66. The number of nitrogens with two attached hydrogens (primary N) is 2. The highest BCUT2D eigenvalue weighted by Crippen LogP contribution is 2.27. The number of aromatic nitrogens is 2. The van der Waals surface area contributed by atoms with Crippen molar-refractivity contribution < 1.29 is 0 Å². The first kappa shape index (κ1) is 8.41. The van der Waals surface area contributed by atoms with Gasteiger partial charge in [-0.1, -0.05) is 0 Å². The van der Waals surface area contributed by atoms with Crippen LogP contribution in [0.5, 0.6) is 0 Å². The SMILES string of the molecule is C=Nc1c(N)ncnc1N(C)N. The monoisotopic (exact) mass is 166 g/mol. The van der Waals surface area contributed by atoms with Crippen LogP contribution in [-0.4, -0.2) is 23.7 Å². The van der Waals surface area contributed by atoms with Crippen molar-refractivity contribution in [3.05, 3.63) is 6.33 Å². The van der Waals surface area contributed by atoms with E-state index in [-0.39, 0.29) is 5.82 Å². The number of rotatable bonds is 2. The van der Waals surface area contributed by atoms with Gasteiger partial charge in [0.15, 0.2) is 11.6 Å². The molecule has 0 bridgehead atoms. The van der Waals surface area contributed by atoms with Crippen LogP contribution in [-0.2, 0) is 0 Å². The van der Waals surface area contributed by atoms with Gasteiger partial charge in [0.2, 0.25) is 0 Å². The Balaban J connectivity index is 3.27. The molecular formula is C6H10N6. The lowest BCUT2D eigenvalue weighted by Crippen LogP contribution is -2.26. The molecule has 0 spiro atoms. The van der Waals surface area contributed by atoms with Gasteiger partial charge in [0, 0.05) is 7.05 Å². The van der Waals surface area contributed by atoms with Crippen molar-refractivity contribution in [1.82, 2.24) is 9.97 Å². The molecule has 4 N–H and O–H groups in total. The normalized spacial score (nSPS) is 9.50. The van der Waals surface area contributed by atoms with Gasteiger partial charge in [0.25, 0.3) is 0 Å². The Morgan fingerprint density at radius 2 is 2.25 bits per heavy atom. The minimum atomic E-state index is 0.271. The van der Waals surface area contributed by atoms with Crippen molar-refractivity contribution >= 4 is 24.0 Å². The van der Waals surface area contributed by atoms with E-state index in [0.717, 1.165) is 0 Å². The molecule has 1 aromatic heterocycles. The molecule has 6 heteroatoms. The van der Waals surface area contributed by atoms with Gasteiger partial charge in [-0.25, -0.2) is 15.8 Å². The molecule has 0 aliphatic heterocycles. The molecule has 0 aliphatic carbocycles. The maximum atomic E-state index is 5.50. The topological polar surface area (TPSA) is 93.4 Å². The number of hydrazine groups is 1. The molecular weight excluding hydrogens is 156 g/mol. The predicted octanol–water partition coefficient (Wildman–Crippen LogP) is -0.299. The fourth-order valence-corrected chi connectivity index (χ4v) is 0.792. The summed E-state index contributed by atoms with van der Waals surface area (Å²) in [5, 5.41) is 1.31. The van der Waals surface area contributed by atoms with E-state index < -0.39 is 0 Å². The first-order valence-corrected chi connectivity index (χ1v) is 3.22. The van der Waals surface area contributed by atoms with Crippen LogP contribution >= 0.6 is 0 Å². The number of anilines is 2. The minimum absolute atomic E-state index is 0.271. The largest absolute Gasteiger partial charge is 0.382 e. The second kappa shape index (κ2) is 3.14. The van der Waals surface area contributed by atoms with Crippen LogP contribution < -0.4 is 16.6 Å². The summed E-state index contributed by atoms with van der Waals surface area (Å²) in [5.74, 6) is 6.19. The number of nitrogen functional groups attached to an aromatic ring is 1. The van der Waals surface area contributed by atoms with Gasteiger partial charge in [-0.15, -0.1) is 0 Å². The van der Waals surface area contributed by atoms with Crippen molar-refractivity contribution in [1.29, 1.82) is 0 Å².